The summed E-state index contributed by atoms with van der Waals surface area (Å²) < 4.78 is 0. The molecule has 2 atom stereocenters. The highest BCUT2D eigenvalue weighted by Crippen LogP contribution is 2.27. The molecule has 1 N–H and O–H groups in total. The summed E-state index contributed by atoms with van der Waals surface area (Å²) in [5, 5.41) is 3.22. The van der Waals surface area contributed by atoms with E-state index in [0.717, 1.165) is 19.3 Å². The minimum absolute atomic E-state index is 0.0680. The molecule has 0 heterocycles. The highest BCUT2D eigenvalue weighted by atomic mass is 16.1. The fraction of sp³-hybridized carbons (Fsp3) is 0.500. The second-order valence-corrected chi connectivity index (χ2v) is 6.30. The summed E-state index contributed by atoms with van der Waals surface area (Å²) in [6, 6.07) is 10.5. The van der Waals surface area contributed by atoms with Crippen LogP contribution in [0.5, 0.6) is 0 Å². The zero-order valence-electron chi connectivity index (χ0n) is 12.7. The molecule has 2 nitrogen and oxygen atoms in total. The fourth-order valence-electron chi connectivity index (χ4n) is 2.66. The van der Waals surface area contributed by atoms with Gasteiger partial charge in [0, 0.05) is 17.4 Å². The van der Waals surface area contributed by atoms with Crippen LogP contribution in [-0.2, 0) is 10.2 Å². The standard InChI is InChI=1S/C18H25NO/c1-14(18(2,3)16-12-8-5-9-13-16)19-17(20)15-10-6-4-7-11-15/h4-6,8-9,12-15H,7,10-11H2,1-3H3,(H,19,20). The van der Waals surface area contributed by atoms with E-state index in [1.54, 1.807) is 0 Å². The van der Waals surface area contributed by atoms with Crippen molar-refractivity contribution in [2.75, 3.05) is 0 Å². The third-order valence-electron chi connectivity index (χ3n) is 4.60. The van der Waals surface area contributed by atoms with Crippen molar-refractivity contribution in [2.45, 2.75) is 51.5 Å². The maximum absolute atomic E-state index is 12.3. The van der Waals surface area contributed by atoms with Crippen molar-refractivity contribution in [2.24, 2.45) is 5.92 Å². The van der Waals surface area contributed by atoms with E-state index in [2.05, 4.69) is 62.5 Å². The SMILES string of the molecule is CC(NC(=O)C1CC=CCC1)C(C)(C)c1ccccc1. The molecule has 0 aromatic heterocycles. The largest absolute Gasteiger partial charge is 0.353 e. The van der Waals surface area contributed by atoms with E-state index in [-0.39, 0.29) is 23.3 Å². The van der Waals surface area contributed by atoms with Crippen LogP contribution in [0, 0.1) is 5.92 Å². The molecule has 2 rings (SSSR count). The summed E-state index contributed by atoms with van der Waals surface area (Å²) in [6.45, 7) is 6.48. The Morgan fingerprint density at radius 1 is 1.25 bits per heavy atom. The molecule has 1 aliphatic carbocycles. The van der Waals surface area contributed by atoms with E-state index in [0.29, 0.717) is 0 Å². The number of allylic oxidation sites excluding steroid dienone is 2. The van der Waals surface area contributed by atoms with Crippen molar-refractivity contribution < 1.29 is 4.79 Å². The van der Waals surface area contributed by atoms with E-state index in [9.17, 15) is 4.79 Å². The zero-order valence-corrected chi connectivity index (χ0v) is 12.7. The topological polar surface area (TPSA) is 29.1 Å². The Balaban J connectivity index is 2.01. The van der Waals surface area contributed by atoms with Crippen LogP contribution in [0.4, 0.5) is 0 Å². The van der Waals surface area contributed by atoms with Crippen molar-refractivity contribution in [1.29, 1.82) is 0 Å². The van der Waals surface area contributed by atoms with Crippen molar-refractivity contribution in [3.8, 4) is 0 Å². The minimum atomic E-state index is -0.0680. The van der Waals surface area contributed by atoms with Gasteiger partial charge in [0.2, 0.25) is 5.91 Å². The van der Waals surface area contributed by atoms with Gasteiger partial charge >= 0.3 is 0 Å². The van der Waals surface area contributed by atoms with Crippen LogP contribution < -0.4 is 5.32 Å². The lowest BCUT2D eigenvalue weighted by atomic mass is 9.78. The molecule has 0 spiro atoms. The Morgan fingerprint density at radius 3 is 2.55 bits per heavy atom. The van der Waals surface area contributed by atoms with Crippen LogP contribution in [0.1, 0.15) is 45.6 Å². The van der Waals surface area contributed by atoms with E-state index in [1.807, 2.05) is 6.07 Å². The smallest absolute Gasteiger partial charge is 0.223 e. The molecule has 2 heteroatoms. The van der Waals surface area contributed by atoms with Crippen molar-refractivity contribution >= 4 is 5.91 Å². The number of rotatable bonds is 4. The number of hydrogen-bond acceptors (Lipinski definition) is 1. The molecule has 108 valence electrons. The first kappa shape index (κ1) is 14.8. The predicted molar refractivity (Wildman–Crippen MR) is 83.6 cm³/mol. The monoisotopic (exact) mass is 271 g/mol. The lowest BCUT2D eigenvalue weighted by Gasteiger charge is -2.34. The molecule has 0 radical (unpaired) electrons. The quantitative estimate of drug-likeness (QED) is 0.829. The average Bonchev–Trinajstić information content (AvgIpc) is 2.49. The number of carbonyl (C=O) groups excluding carboxylic acids is 1. The Bertz CT molecular complexity index is 475. The normalized spacial score (nSPS) is 20.4. The predicted octanol–water partition coefficient (Wildman–Crippen LogP) is 3.83. The van der Waals surface area contributed by atoms with Crippen LogP contribution in [-0.4, -0.2) is 11.9 Å². The number of benzene rings is 1. The van der Waals surface area contributed by atoms with Gasteiger partial charge in [0.15, 0.2) is 0 Å². The van der Waals surface area contributed by atoms with E-state index in [1.165, 1.54) is 5.56 Å². The molecule has 2 unspecified atom stereocenters. The maximum Gasteiger partial charge on any atom is 0.223 e. The number of amides is 1. The van der Waals surface area contributed by atoms with E-state index in [4.69, 9.17) is 0 Å². The molecule has 0 saturated carbocycles. The summed E-state index contributed by atoms with van der Waals surface area (Å²) in [7, 11) is 0. The third kappa shape index (κ3) is 3.30. The van der Waals surface area contributed by atoms with Crippen LogP contribution in [0.3, 0.4) is 0 Å². The van der Waals surface area contributed by atoms with Gasteiger partial charge in [-0.2, -0.15) is 0 Å². The van der Waals surface area contributed by atoms with Crippen molar-refractivity contribution in [3.63, 3.8) is 0 Å². The number of nitrogens with one attached hydrogen (secondary N) is 1. The molecule has 0 bridgehead atoms. The van der Waals surface area contributed by atoms with Gasteiger partial charge in [-0.05, 0) is 31.7 Å². The summed E-state index contributed by atoms with van der Waals surface area (Å²) in [5.41, 5.74) is 1.19. The Kier molecular flexibility index (Phi) is 4.64. The Morgan fingerprint density at radius 2 is 1.95 bits per heavy atom. The molecule has 1 aromatic carbocycles. The molecular formula is C18H25NO. The summed E-state index contributed by atoms with van der Waals surface area (Å²) in [6.07, 6.45) is 7.17. The van der Waals surface area contributed by atoms with Gasteiger partial charge in [-0.3, -0.25) is 4.79 Å². The van der Waals surface area contributed by atoms with Gasteiger partial charge < -0.3 is 5.32 Å². The van der Waals surface area contributed by atoms with Crippen molar-refractivity contribution in [1.82, 2.24) is 5.32 Å². The van der Waals surface area contributed by atoms with Crippen LogP contribution >= 0.6 is 0 Å². The highest BCUT2D eigenvalue weighted by molar-refractivity contribution is 5.79. The molecule has 20 heavy (non-hydrogen) atoms. The minimum Gasteiger partial charge on any atom is -0.353 e. The molecule has 1 aromatic rings. The van der Waals surface area contributed by atoms with E-state index >= 15 is 0 Å². The molecule has 0 fully saturated rings. The summed E-state index contributed by atoms with van der Waals surface area (Å²) in [5.74, 6) is 0.347. The molecular weight excluding hydrogens is 246 g/mol. The first-order chi connectivity index (χ1) is 9.51. The van der Waals surface area contributed by atoms with E-state index < -0.39 is 0 Å². The summed E-state index contributed by atoms with van der Waals surface area (Å²) in [4.78, 5) is 12.3. The summed E-state index contributed by atoms with van der Waals surface area (Å²) >= 11 is 0. The highest BCUT2D eigenvalue weighted by Gasteiger charge is 2.30. The Labute approximate surface area is 122 Å². The van der Waals surface area contributed by atoms with Gasteiger partial charge in [0.05, 0.1) is 0 Å². The molecule has 0 saturated heterocycles. The lowest BCUT2D eigenvalue weighted by Crippen LogP contribution is -2.47. The lowest BCUT2D eigenvalue weighted by molar-refractivity contribution is -0.126. The molecule has 1 amide bonds. The first-order valence-corrected chi connectivity index (χ1v) is 7.52. The fourth-order valence-corrected chi connectivity index (χ4v) is 2.66. The zero-order chi connectivity index (χ0) is 14.6. The maximum atomic E-state index is 12.3. The molecule has 0 aliphatic heterocycles. The number of hydrogen-bond donors (Lipinski definition) is 1. The Hall–Kier alpha value is -1.57. The second kappa shape index (κ2) is 6.25. The first-order valence-electron chi connectivity index (χ1n) is 7.52. The van der Waals surface area contributed by atoms with Crippen molar-refractivity contribution in [3.05, 3.63) is 48.0 Å². The van der Waals surface area contributed by atoms with Gasteiger partial charge in [-0.1, -0.05) is 56.3 Å². The van der Waals surface area contributed by atoms with Crippen LogP contribution in [0.15, 0.2) is 42.5 Å². The molecule has 1 aliphatic rings. The van der Waals surface area contributed by atoms with Gasteiger partial charge in [0.25, 0.3) is 0 Å². The number of carbonyl (C=O) groups is 1. The van der Waals surface area contributed by atoms with Gasteiger partial charge in [0.1, 0.15) is 0 Å². The van der Waals surface area contributed by atoms with Crippen LogP contribution in [0.25, 0.3) is 0 Å². The van der Waals surface area contributed by atoms with Crippen LogP contribution in [0.2, 0.25) is 0 Å². The second-order valence-electron chi connectivity index (χ2n) is 6.30. The van der Waals surface area contributed by atoms with Gasteiger partial charge in [-0.15, -0.1) is 0 Å². The third-order valence-corrected chi connectivity index (χ3v) is 4.60. The van der Waals surface area contributed by atoms with Gasteiger partial charge in [-0.25, -0.2) is 0 Å². The average molecular weight is 271 g/mol.